The smallest absolute Gasteiger partial charge is 0.417 e. The molecule has 2 amide bonds. The molecule has 5 aromatic rings. The number of benzene rings is 5. The summed E-state index contributed by atoms with van der Waals surface area (Å²) in [4.78, 5) is 49.7. The average molecular weight is 718 g/mol. The van der Waals surface area contributed by atoms with E-state index < -0.39 is 22.6 Å². The van der Waals surface area contributed by atoms with Crippen LogP contribution in [-0.4, -0.2) is 56.2 Å². The van der Waals surface area contributed by atoms with E-state index in [1.807, 2.05) is 140 Å². The minimum atomic E-state index is -0.884. The van der Waals surface area contributed by atoms with Gasteiger partial charge in [-0.1, -0.05) is 151 Å². The lowest BCUT2D eigenvalue weighted by Crippen LogP contribution is -2.45. The van der Waals surface area contributed by atoms with Gasteiger partial charge in [-0.25, -0.2) is 9.69 Å². The van der Waals surface area contributed by atoms with Gasteiger partial charge in [-0.05, 0) is 58.2 Å². The standard InChI is InChI=1S/C27H25NO4S.C15H14O2S/c1-19(29)33-25(17-21-12-14-23(15-13-21)22-10-6-3-7-11-22)26(30)28-24(18-32-27(28)31)16-20-8-4-2-5-9-20;16-15(17)14(18)10-11-6-8-13(9-7-11)12-4-2-1-3-5-12/h2-15,24-25H,16-18H2,1H3;1-9,14,18H,10H2,(H,16,17)/t24-,25?;14-/m01/s1. The molecule has 9 heteroatoms. The van der Waals surface area contributed by atoms with E-state index >= 15 is 0 Å². The Bertz CT molecular complexity index is 1900. The number of nitrogens with zero attached hydrogens (tertiary/aromatic N) is 1. The molecule has 1 unspecified atom stereocenters. The summed E-state index contributed by atoms with van der Waals surface area (Å²) in [6.45, 7) is 1.59. The van der Waals surface area contributed by atoms with Crippen LogP contribution in [0.1, 0.15) is 23.6 Å². The Labute approximate surface area is 308 Å². The van der Waals surface area contributed by atoms with Crippen LogP contribution >= 0.6 is 24.4 Å². The van der Waals surface area contributed by atoms with Crippen molar-refractivity contribution < 1.29 is 29.0 Å². The van der Waals surface area contributed by atoms with Crippen LogP contribution in [-0.2, 0) is 38.4 Å². The molecule has 1 heterocycles. The molecule has 1 aliphatic rings. The first-order valence-corrected chi connectivity index (χ1v) is 18.0. The summed E-state index contributed by atoms with van der Waals surface area (Å²) in [7, 11) is 0. The van der Waals surface area contributed by atoms with Crippen molar-refractivity contribution >= 4 is 47.5 Å². The Morgan fingerprint density at radius 3 is 1.63 bits per heavy atom. The molecule has 1 saturated heterocycles. The van der Waals surface area contributed by atoms with Crippen molar-refractivity contribution in [3.05, 3.63) is 156 Å². The van der Waals surface area contributed by atoms with Crippen molar-refractivity contribution in [2.24, 2.45) is 0 Å². The number of ether oxygens (including phenoxy) is 1. The Morgan fingerprint density at radius 2 is 1.16 bits per heavy atom. The molecular weight excluding hydrogens is 679 g/mol. The van der Waals surface area contributed by atoms with Gasteiger partial charge in [-0.2, -0.15) is 12.6 Å². The maximum absolute atomic E-state index is 13.4. The topological polar surface area (TPSA) is 101 Å². The van der Waals surface area contributed by atoms with E-state index in [2.05, 4.69) is 12.6 Å². The molecule has 7 nitrogen and oxygen atoms in total. The molecular formula is C42H39NO6S2. The second-order valence-electron chi connectivity index (χ2n) is 12.1. The van der Waals surface area contributed by atoms with E-state index in [1.165, 1.54) is 11.8 Å². The minimum Gasteiger partial charge on any atom is -0.480 e. The number of imide groups is 1. The van der Waals surface area contributed by atoms with Gasteiger partial charge in [-0.3, -0.25) is 14.4 Å². The zero-order valence-electron chi connectivity index (χ0n) is 28.1. The number of thioether (sulfide) groups is 1. The van der Waals surface area contributed by atoms with E-state index in [0.29, 0.717) is 19.3 Å². The largest absolute Gasteiger partial charge is 0.480 e. The normalized spacial score (nSPS) is 14.8. The van der Waals surface area contributed by atoms with Gasteiger partial charge >= 0.3 is 12.1 Å². The number of thiol groups is 1. The van der Waals surface area contributed by atoms with Crippen molar-refractivity contribution in [3.63, 3.8) is 0 Å². The molecule has 0 spiro atoms. The number of rotatable bonds is 11. The fraction of sp³-hybridized carbons (Fsp3) is 0.190. The van der Waals surface area contributed by atoms with Crippen molar-refractivity contribution in [1.29, 1.82) is 0 Å². The zero-order valence-corrected chi connectivity index (χ0v) is 29.8. The van der Waals surface area contributed by atoms with Crippen LogP contribution in [0.4, 0.5) is 4.79 Å². The Morgan fingerprint density at radius 1 is 0.706 bits per heavy atom. The molecule has 0 bridgehead atoms. The molecule has 0 aromatic heterocycles. The Hall–Kier alpha value is -5.12. The molecule has 1 N–H and O–H groups in total. The van der Waals surface area contributed by atoms with Gasteiger partial charge in [0.25, 0.3) is 0 Å². The number of cyclic esters (lactones) is 1. The van der Waals surface area contributed by atoms with Crippen LogP contribution in [0.5, 0.6) is 0 Å². The first-order valence-electron chi connectivity index (χ1n) is 16.6. The average Bonchev–Trinajstić information content (AvgIpc) is 3.51. The second-order valence-corrected chi connectivity index (χ2v) is 14.1. The van der Waals surface area contributed by atoms with Crippen molar-refractivity contribution in [2.75, 3.05) is 6.61 Å². The second kappa shape index (κ2) is 18.2. The zero-order chi connectivity index (χ0) is 36.2. The van der Waals surface area contributed by atoms with Crippen molar-refractivity contribution in [3.8, 4) is 22.3 Å². The molecule has 6 rings (SSSR count). The van der Waals surface area contributed by atoms with Crippen LogP contribution in [0.25, 0.3) is 22.3 Å². The van der Waals surface area contributed by atoms with E-state index in [0.717, 1.165) is 50.7 Å². The lowest BCUT2D eigenvalue weighted by Gasteiger charge is -2.24. The number of carbonyl (C=O) groups is 4. The van der Waals surface area contributed by atoms with Gasteiger partial charge in [0, 0.05) is 6.92 Å². The third-order valence-electron chi connectivity index (χ3n) is 8.35. The van der Waals surface area contributed by atoms with Gasteiger partial charge in [0.05, 0.1) is 11.3 Å². The molecule has 260 valence electrons. The number of carboxylic acids is 1. The highest BCUT2D eigenvalue weighted by Crippen LogP contribution is 2.27. The summed E-state index contributed by atoms with van der Waals surface area (Å²) in [5.74, 6) is -1.27. The van der Waals surface area contributed by atoms with Crippen LogP contribution < -0.4 is 0 Å². The number of hydrogen-bond acceptors (Lipinski definition) is 7. The molecule has 5 aromatic carbocycles. The number of hydrogen-bond donors (Lipinski definition) is 2. The minimum absolute atomic E-state index is 0.155. The quantitative estimate of drug-likeness (QED) is 0.132. The fourth-order valence-electron chi connectivity index (χ4n) is 5.75. The Kier molecular flexibility index (Phi) is 13.3. The van der Waals surface area contributed by atoms with E-state index in [9.17, 15) is 19.2 Å². The SMILES string of the molecule is CC(=O)SC(Cc1ccc(-c2ccccc2)cc1)C(=O)N1C(=O)OC[C@@H]1Cc1ccccc1.O=C(O)[C@H](S)Cc1ccc(-c2ccccc2)cc1. The summed E-state index contributed by atoms with van der Waals surface area (Å²) < 4.78 is 5.21. The number of aliphatic carboxylic acids is 1. The Balaban J connectivity index is 0.000000236. The maximum atomic E-state index is 13.4. The van der Waals surface area contributed by atoms with Crippen molar-refractivity contribution in [1.82, 2.24) is 4.90 Å². The summed E-state index contributed by atoms with van der Waals surface area (Å²) in [5.41, 5.74) is 7.40. The summed E-state index contributed by atoms with van der Waals surface area (Å²) in [6.07, 6.45) is 0.657. The predicted molar refractivity (Wildman–Crippen MR) is 206 cm³/mol. The monoisotopic (exact) mass is 717 g/mol. The van der Waals surface area contributed by atoms with E-state index in [1.54, 1.807) is 0 Å². The molecule has 0 radical (unpaired) electrons. The van der Waals surface area contributed by atoms with Gasteiger partial charge < -0.3 is 9.84 Å². The lowest BCUT2D eigenvalue weighted by atomic mass is 10.0. The predicted octanol–water partition coefficient (Wildman–Crippen LogP) is 8.41. The third kappa shape index (κ3) is 10.7. The van der Waals surface area contributed by atoms with Crippen LogP contribution in [0, 0.1) is 0 Å². The van der Waals surface area contributed by atoms with E-state index in [-0.39, 0.29) is 23.7 Å². The highest BCUT2D eigenvalue weighted by molar-refractivity contribution is 8.14. The molecule has 3 atom stereocenters. The third-order valence-corrected chi connectivity index (χ3v) is 9.74. The summed E-state index contributed by atoms with van der Waals surface area (Å²) >= 11 is 5.00. The molecule has 0 saturated carbocycles. The molecule has 1 fully saturated rings. The first-order chi connectivity index (χ1) is 24.7. The summed E-state index contributed by atoms with van der Waals surface area (Å²) in [5, 5.41) is 7.29. The highest BCUT2D eigenvalue weighted by atomic mass is 32.2. The molecule has 51 heavy (non-hydrogen) atoms. The fourth-order valence-corrected chi connectivity index (χ4v) is 6.86. The van der Waals surface area contributed by atoms with Gasteiger partial charge in [-0.15, -0.1) is 0 Å². The highest BCUT2D eigenvalue weighted by Gasteiger charge is 2.41. The van der Waals surface area contributed by atoms with E-state index in [4.69, 9.17) is 9.84 Å². The van der Waals surface area contributed by atoms with Crippen LogP contribution in [0.15, 0.2) is 140 Å². The number of carboxylic acid groups (broad SMARTS) is 1. The number of carbonyl (C=O) groups excluding carboxylic acids is 3. The lowest BCUT2D eigenvalue weighted by molar-refractivity contribution is -0.136. The van der Waals surface area contributed by atoms with Crippen molar-refractivity contribution in [2.45, 2.75) is 42.7 Å². The summed E-state index contributed by atoms with van der Waals surface area (Å²) in [6, 6.07) is 45.3. The van der Waals surface area contributed by atoms with Gasteiger partial charge in [0.15, 0.2) is 5.12 Å². The first kappa shape index (κ1) is 37.1. The van der Waals surface area contributed by atoms with Gasteiger partial charge in [0.2, 0.25) is 5.91 Å². The van der Waals surface area contributed by atoms with Gasteiger partial charge in [0.1, 0.15) is 11.9 Å². The van der Waals surface area contributed by atoms with Crippen LogP contribution in [0.3, 0.4) is 0 Å². The maximum Gasteiger partial charge on any atom is 0.417 e. The molecule has 0 aliphatic carbocycles. The number of amides is 2. The molecule has 1 aliphatic heterocycles. The van der Waals surface area contributed by atoms with Crippen LogP contribution in [0.2, 0.25) is 0 Å².